The SMILES string of the molecule is CON=C(C)C1(OC(N)=O)C(=O)N(c2ccccc2)N=C1C. The Morgan fingerprint density at radius 3 is 2.55 bits per heavy atom. The summed E-state index contributed by atoms with van der Waals surface area (Å²) in [4.78, 5) is 28.8. The summed E-state index contributed by atoms with van der Waals surface area (Å²) in [6.07, 6.45) is -1.11. The number of nitrogens with two attached hydrogens (primary N) is 1. The lowest BCUT2D eigenvalue weighted by Crippen LogP contribution is -2.55. The van der Waals surface area contributed by atoms with Gasteiger partial charge in [0.05, 0.1) is 11.4 Å². The topological polar surface area (TPSA) is 107 Å². The molecule has 8 nitrogen and oxygen atoms in total. The molecule has 0 saturated carbocycles. The average molecular weight is 304 g/mol. The number of hydrogen-bond donors (Lipinski definition) is 1. The van der Waals surface area contributed by atoms with E-state index in [4.69, 9.17) is 15.3 Å². The van der Waals surface area contributed by atoms with Gasteiger partial charge >= 0.3 is 12.0 Å². The molecule has 0 bridgehead atoms. The first-order valence-corrected chi connectivity index (χ1v) is 6.45. The van der Waals surface area contributed by atoms with Crippen LogP contribution in [0.3, 0.4) is 0 Å². The molecule has 1 heterocycles. The third-order valence-electron chi connectivity index (χ3n) is 3.25. The van der Waals surface area contributed by atoms with Crippen molar-refractivity contribution in [1.82, 2.24) is 0 Å². The van der Waals surface area contributed by atoms with Gasteiger partial charge in [0.25, 0.3) is 5.60 Å². The van der Waals surface area contributed by atoms with Crippen molar-refractivity contribution in [3.8, 4) is 0 Å². The number of anilines is 1. The summed E-state index contributed by atoms with van der Waals surface area (Å²) in [5, 5.41) is 9.04. The van der Waals surface area contributed by atoms with Gasteiger partial charge in [-0.2, -0.15) is 10.1 Å². The molecule has 0 saturated heterocycles. The van der Waals surface area contributed by atoms with Crippen LogP contribution in [0, 0.1) is 0 Å². The molecule has 2 rings (SSSR count). The Morgan fingerprint density at radius 1 is 1.36 bits per heavy atom. The van der Waals surface area contributed by atoms with Crippen molar-refractivity contribution in [2.75, 3.05) is 12.1 Å². The number of benzene rings is 1. The first kappa shape index (κ1) is 15.5. The number of rotatable bonds is 4. The molecular formula is C14H16N4O4. The molecule has 1 aromatic carbocycles. The van der Waals surface area contributed by atoms with E-state index in [-0.39, 0.29) is 11.4 Å². The normalized spacial score (nSPS) is 21.6. The van der Waals surface area contributed by atoms with Crippen LogP contribution in [0.1, 0.15) is 13.8 Å². The first-order valence-electron chi connectivity index (χ1n) is 6.45. The van der Waals surface area contributed by atoms with Gasteiger partial charge in [0.15, 0.2) is 0 Å². The molecule has 0 aliphatic carbocycles. The van der Waals surface area contributed by atoms with Crippen LogP contribution in [-0.4, -0.2) is 36.1 Å². The Hall–Kier alpha value is -2.90. The minimum atomic E-state index is -1.79. The Bertz CT molecular complexity index is 656. The lowest BCUT2D eigenvalue weighted by atomic mass is 9.93. The number of para-hydroxylation sites is 1. The minimum absolute atomic E-state index is 0.124. The van der Waals surface area contributed by atoms with Crippen LogP contribution >= 0.6 is 0 Å². The molecule has 0 spiro atoms. The number of oxime groups is 1. The van der Waals surface area contributed by atoms with Crippen LogP contribution in [0.2, 0.25) is 0 Å². The van der Waals surface area contributed by atoms with Crippen molar-refractivity contribution in [2.24, 2.45) is 16.0 Å². The summed E-state index contributed by atoms with van der Waals surface area (Å²) in [7, 11) is 1.32. The van der Waals surface area contributed by atoms with Crippen molar-refractivity contribution in [3.05, 3.63) is 30.3 Å². The van der Waals surface area contributed by atoms with Crippen molar-refractivity contribution in [1.29, 1.82) is 0 Å². The second-order valence-electron chi connectivity index (χ2n) is 4.60. The molecule has 2 N–H and O–H groups in total. The Labute approximate surface area is 127 Å². The molecule has 116 valence electrons. The molecule has 22 heavy (non-hydrogen) atoms. The fraction of sp³-hybridized carbons (Fsp3) is 0.286. The molecule has 2 amide bonds. The zero-order chi connectivity index (χ0) is 16.3. The van der Waals surface area contributed by atoms with Gasteiger partial charge in [-0.25, -0.2) is 4.79 Å². The zero-order valence-electron chi connectivity index (χ0n) is 12.4. The van der Waals surface area contributed by atoms with Gasteiger partial charge in [0.2, 0.25) is 0 Å². The van der Waals surface area contributed by atoms with E-state index in [0.29, 0.717) is 5.69 Å². The second kappa shape index (κ2) is 5.84. The van der Waals surface area contributed by atoms with E-state index in [1.54, 1.807) is 31.2 Å². The molecule has 1 aliphatic rings. The zero-order valence-corrected chi connectivity index (χ0v) is 12.4. The van der Waals surface area contributed by atoms with Gasteiger partial charge in [-0.15, -0.1) is 0 Å². The monoisotopic (exact) mass is 304 g/mol. The number of hydrogen-bond acceptors (Lipinski definition) is 6. The molecule has 0 aromatic heterocycles. The Morgan fingerprint density at radius 2 is 2.00 bits per heavy atom. The van der Waals surface area contributed by atoms with Gasteiger partial charge in [0.1, 0.15) is 12.8 Å². The average Bonchev–Trinajstić information content (AvgIpc) is 2.73. The van der Waals surface area contributed by atoms with Gasteiger partial charge in [-0.3, -0.25) is 4.79 Å². The smallest absolute Gasteiger partial charge is 0.406 e. The van der Waals surface area contributed by atoms with E-state index in [1.807, 2.05) is 6.07 Å². The molecule has 0 radical (unpaired) electrons. The summed E-state index contributed by atoms with van der Waals surface area (Å²) >= 11 is 0. The molecule has 1 aliphatic heterocycles. The maximum absolute atomic E-state index is 12.8. The van der Waals surface area contributed by atoms with Crippen LogP contribution < -0.4 is 10.7 Å². The molecule has 1 atom stereocenters. The number of carbonyl (C=O) groups is 2. The fourth-order valence-corrected chi connectivity index (χ4v) is 2.27. The highest BCUT2D eigenvalue weighted by molar-refractivity contribution is 6.36. The lowest BCUT2D eigenvalue weighted by molar-refractivity contribution is -0.125. The number of amides is 2. The van der Waals surface area contributed by atoms with E-state index in [0.717, 1.165) is 5.01 Å². The maximum Gasteiger partial charge on any atom is 0.406 e. The van der Waals surface area contributed by atoms with Gasteiger partial charge in [-0.1, -0.05) is 23.4 Å². The molecule has 1 unspecified atom stereocenters. The van der Waals surface area contributed by atoms with Gasteiger partial charge < -0.3 is 15.3 Å². The highest BCUT2D eigenvalue weighted by Gasteiger charge is 2.56. The second-order valence-corrected chi connectivity index (χ2v) is 4.60. The number of primary amides is 1. The van der Waals surface area contributed by atoms with Crippen LogP contribution in [0.4, 0.5) is 10.5 Å². The summed E-state index contributed by atoms with van der Waals surface area (Å²) in [6, 6.07) is 8.75. The Balaban J connectivity index is 2.52. The minimum Gasteiger partial charge on any atom is -0.420 e. The summed E-state index contributed by atoms with van der Waals surface area (Å²) < 4.78 is 5.10. The third-order valence-corrected chi connectivity index (χ3v) is 3.25. The number of ether oxygens (including phenoxy) is 1. The van der Waals surface area contributed by atoms with E-state index in [1.165, 1.54) is 14.0 Å². The molecule has 1 aromatic rings. The first-order chi connectivity index (χ1) is 10.4. The van der Waals surface area contributed by atoms with Crippen LogP contribution in [-0.2, 0) is 14.4 Å². The third kappa shape index (κ3) is 2.39. The van der Waals surface area contributed by atoms with Crippen LogP contribution in [0.25, 0.3) is 0 Å². The van der Waals surface area contributed by atoms with Gasteiger partial charge in [0, 0.05) is 0 Å². The summed E-state index contributed by atoms with van der Waals surface area (Å²) in [5.74, 6) is -0.590. The number of hydrazone groups is 1. The standard InChI is InChI=1S/C14H16N4O4/c1-9-14(22-13(15)20,10(2)17-21-3)12(19)18(16-9)11-7-5-4-6-8-11/h4-8H,1-3H3,(H2,15,20). The predicted molar refractivity (Wildman–Crippen MR) is 80.6 cm³/mol. The molecular weight excluding hydrogens is 288 g/mol. The van der Waals surface area contributed by atoms with Crippen molar-refractivity contribution in [2.45, 2.75) is 19.4 Å². The van der Waals surface area contributed by atoms with E-state index in [9.17, 15) is 9.59 Å². The quantitative estimate of drug-likeness (QED) is 0.667. The van der Waals surface area contributed by atoms with Crippen molar-refractivity contribution < 1.29 is 19.2 Å². The van der Waals surface area contributed by atoms with Gasteiger partial charge in [-0.05, 0) is 26.0 Å². The van der Waals surface area contributed by atoms with Crippen molar-refractivity contribution >= 4 is 29.1 Å². The molecule has 0 fully saturated rings. The summed E-state index contributed by atoms with van der Waals surface area (Å²) in [6.45, 7) is 3.05. The summed E-state index contributed by atoms with van der Waals surface area (Å²) in [5.41, 5.74) is 4.22. The van der Waals surface area contributed by atoms with Crippen LogP contribution in [0.15, 0.2) is 40.6 Å². The maximum atomic E-state index is 12.8. The highest BCUT2D eigenvalue weighted by Crippen LogP contribution is 2.30. The van der Waals surface area contributed by atoms with Crippen molar-refractivity contribution in [3.63, 3.8) is 0 Å². The predicted octanol–water partition coefficient (Wildman–Crippen LogP) is 1.27. The van der Waals surface area contributed by atoms with E-state index in [2.05, 4.69) is 10.3 Å². The van der Waals surface area contributed by atoms with E-state index < -0.39 is 17.6 Å². The number of nitrogens with zero attached hydrogens (tertiary/aromatic N) is 3. The lowest BCUT2D eigenvalue weighted by Gasteiger charge is -2.26. The van der Waals surface area contributed by atoms with E-state index >= 15 is 0 Å². The Kier molecular flexibility index (Phi) is 4.11. The van der Waals surface area contributed by atoms with Crippen LogP contribution in [0.5, 0.6) is 0 Å². The fourth-order valence-electron chi connectivity index (χ4n) is 2.27. The highest BCUT2D eigenvalue weighted by atomic mass is 16.6. The molecule has 8 heteroatoms. The largest absolute Gasteiger partial charge is 0.420 e. The number of carbonyl (C=O) groups excluding carboxylic acids is 2.